The zero-order valence-electron chi connectivity index (χ0n) is 32.0. The number of fused-ring (bicyclic) bond motifs is 1. The second-order valence-corrected chi connectivity index (χ2v) is 19.6. The van der Waals surface area contributed by atoms with Gasteiger partial charge in [0.15, 0.2) is 0 Å². The molecule has 3 aromatic heterocycles. The number of amides is 1. The van der Waals surface area contributed by atoms with Crippen LogP contribution in [0.4, 0.5) is 4.39 Å². The maximum atomic E-state index is 14.9. The summed E-state index contributed by atoms with van der Waals surface area (Å²) in [5, 5.41) is 10.9. The zero-order valence-corrected chi connectivity index (χ0v) is 33.8. The van der Waals surface area contributed by atoms with Crippen molar-refractivity contribution in [2.45, 2.75) is 57.2 Å². The summed E-state index contributed by atoms with van der Waals surface area (Å²) in [6.07, 6.45) is 3.57. The van der Waals surface area contributed by atoms with E-state index in [0.717, 1.165) is 10.4 Å². The van der Waals surface area contributed by atoms with Crippen molar-refractivity contribution in [2.24, 2.45) is 0 Å². The predicted octanol–water partition coefficient (Wildman–Crippen LogP) is 5.35. The van der Waals surface area contributed by atoms with Crippen LogP contribution < -0.4 is 25.4 Å². The molecule has 0 aliphatic carbocycles. The fraction of sp³-hybridized carbons (Fsp3) is 0.341. The molecule has 0 radical (unpaired) electrons. The second-order valence-electron chi connectivity index (χ2n) is 14.7. The molecule has 1 fully saturated rings. The monoisotopic (exact) mass is 796 g/mol. The van der Waals surface area contributed by atoms with Gasteiger partial charge in [0, 0.05) is 37.7 Å². The molecule has 7 rings (SSSR count). The molecule has 1 amide bonds. The number of ether oxygens (including phenoxy) is 3. The highest BCUT2D eigenvalue weighted by molar-refractivity contribution is 7.21. The first-order valence-corrected chi connectivity index (χ1v) is 21.3. The van der Waals surface area contributed by atoms with Gasteiger partial charge in [0.05, 0.1) is 30.9 Å². The Labute approximate surface area is 329 Å². The molecule has 56 heavy (non-hydrogen) atoms. The highest BCUT2D eigenvalue weighted by Crippen LogP contribution is 2.40. The largest absolute Gasteiger partial charge is 0.496 e. The van der Waals surface area contributed by atoms with Gasteiger partial charge in [-0.25, -0.2) is 4.39 Å². The molecule has 4 heterocycles. The van der Waals surface area contributed by atoms with Crippen LogP contribution >= 0.6 is 11.3 Å². The SMILES string of the molecule is COc1ccc(F)cc1[C@H](COc1nc2sc(-n3nccn3)c(C)c2c(=O)n1[C@H]1CC(=O)N(C)C1)OCCCC(C)(C)[Si](O)(c1ccccc1)c1ccccc1. The third-order valence-electron chi connectivity index (χ3n) is 10.8. The minimum Gasteiger partial charge on any atom is -0.496 e. The molecule has 0 bridgehead atoms. The van der Waals surface area contributed by atoms with Gasteiger partial charge in [-0.15, -0.1) is 4.80 Å². The number of carbonyl (C=O) groups is 1. The van der Waals surface area contributed by atoms with E-state index in [9.17, 15) is 18.8 Å². The fourth-order valence-electron chi connectivity index (χ4n) is 7.68. The van der Waals surface area contributed by atoms with Crippen molar-refractivity contribution in [3.05, 3.63) is 119 Å². The van der Waals surface area contributed by atoms with Gasteiger partial charge >= 0.3 is 6.01 Å². The molecule has 292 valence electrons. The first-order chi connectivity index (χ1) is 26.9. The van der Waals surface area contributed by atoms with Crippen LogP contribution in [0.5, 0.6) is 11.8 Å². The van der Waals surface area contributed by atoms with Gasteiger partial charge in [0.25, 0.3) is 13.9 Å². The summed E-state index contributed by atoms with van der Waals surface area (Å²) >= 11 is 1.26. The number of likely N-dealkylation sites (tertiary alicyclic amines) is 1. The number of halogens is 1. The van der Waals surface area contributed by atoms with Gasteiger partial charge in [-0.1, -0.05) is 85.8 Å². The van der Waals surface area contributed by atoms with E-state index in [2.05, 4.69) is 24.0 Å². The summed E-state index contributed by atoms with van der Waals surface area (Å²) in [4.78, 5) is 48.0. The molecule has 1 N–H and O–H groups in total. The average molecular weight is 797 g/mol. The normalized spacial score (nSPS) is 15.4. The van der Waals surface area contributed by atoms with Crippen molar-refractivity contribution in [1.82, 2.24) is 29.4 Å². The molecule has 12 nitrogen and oxygen atoms in total. The van der Waals surface area contributed by atoms with Crippen molar-refractivity contribution in [1.29, 1.82) is 0 Å². The molecule has 15 heteroatoms. The third-order valence-corrected chi connectivity index (χ3v) is 16.5. The van der Waals surface area contributed by atoms with Crippen LogP contribution in [0.15, 0.2) is 96.1 Å². The van der Waals surface area contributed by atoms with E-state index >= 15 is 0 Å². The smallest absolute Gasteiger partial charge is 0.301 e. The Morgan fingerprint density at radius 3 is 2.29 bits per heavy atom. The van der Waals surface area contributed by atoms with E-state index in [0.29, 0.717) is 51.5 Å². The molecule has 1 aliphatic heterocycles. The van der Waals surface area contributed by atoms with E-state index in [-0.39, 0.29) is 37.1 Å². The Kier molecular flexibility index (Phi) is 11.2. The minimum absolute atomic E-state index is 0.0173. The number of likely N-dealkylation sites (N-methyl/N-ethyl adjacent to an activating group) is 1. The Morgan fingerprint density at radius 1 is 1.02 bits per heavy atom. The Morgan fingerprint density at radius 2 is 1.68 bits per heavy atom. The van der Waals surface area contributed by atoms with Crippen LogP contribution in [0, 0.1) is 12.7 Å². The maximum absolute atomic E-state index is 14.9. The van der Waals surface area contributed by atoms with Crippen molar-refractivity contribution in [3.8, 4) is 16.8 Å². The number of aryl methyl sites for hydroxylation is 1. The number of methoxy groups -OCH3 is 1. The summed E-state index contributed by atoms with van der Waals surface area (Å²) < 4.78 is 34.9. The molecular formula is C41H45FN6O6SSi. The number of hydrogen-bond donors (Lipinski definition) is 1. The van der Waals surface area contributed by atoms with E-state index < -0.39 is 31.3 Å². The number of hydrogen-bond acceptors (Lipinski definition) is 10. The topological polar surface area (TPSA) is 134 Å². The number of benzene rings is 3. The molecule has 2 atom stereocenters. The van der Waals surface area contributed by atoms with Crippen molar-refractivity contribution in [3.63, 3.8) is 0 Å². The van der Waals surface area contributed by atoms with E-state index in [1.807, 2.05) is 67.6 Å². The summed E-state index contributed by atoms with van der Waals surface area (Å²) in [6.45, 7) is 6.42. The van der Waals surface area contributed by atoms with Gasteiger partial charge in [-0.05, 0) is 53.4 Å². The zero-order chi connectivity index (χ0) is 39.6. The summed E-state index contributed by atoms with van der Waals surface area (Å²) in [7, 11) is -0.0576. The van der Waals surface area contributed by atoms with Gasteiger partial charge in [-0.2, -0.15) is 15.2 Å². The molecular weight excluding hydrogens is 752 g/mol. The lowest BCUT2D eigenvalue weighted by Gasteiger charge is -2.41. The quantitative estimate of drug-likeness (QED) is 0.108. The van der Waals surface area contributed by atoms with Crippen molar-refractivity contribution < 1.29 is 28.2 Å². The van der Waals surface area contributed by atoms with E-state index in [1.54, 1.807) is 24.3 Å². The van der Waals surface area contributed by atoms with Crippen molar-refractivity contribution >= 4 is 46.2 Å². The first kappa shape index (κ1) is 39.0. The van der Waals surface area contributed by atoms with E-state index in [4.69, 9.17) is 19.2 Å². The van der Waals surface area contributed by atoms with E-state index in [1.165, 1.54) is 46.0 Å². The lowest BCUT2D eigenvalue weighted by Crippen LogP contribution is -2.65. The molecule has 6 aromatic rings. The Hall–Kier alpha value is -5.22. The number of aromatic nitrogens is 5. The van der Waals surface area contributed by atoms with Crippen LogP contribution in [0.2, 0.25) is 5.04 Å². The second kappa shape index (κ2) is 16.1. The minimum atomic E-state index is -3.26. The average Bonchev–Trinajstić information content (AvgIpc) is 3.93. The number of carbonyl (C=O) groups excluding carboxylic acids is 1. The number of thiophene rings is 1. The standard InChI is InChI=1S/C41H45FN6O6SSi/c1-27-36-37(55-39(27)48-43-20-21-44-48)45-40(47(38(36)50)29-24-35(49)46(4)25-29)54-26-34(32-23-28(42)17-18-33(32)52-5)53-22-12-19-41(2,3)56(51,30-13-8-6-9-14-30)31-15-10-7-11-16-31/h6-11,13-18,20-21,23,29,34,51H,12,19,22,24-26H2,1-5H3/t29-,34-/m0/s1. The van der Waals surface area contributed by atoms with Crippen LogP contribution in [0.1, 0.15) is 56.4 Å². The summed E-state index contributed by atoms with van der Waals surface area (Å²) in [5.74, 6) is -0.168. The van der Waals surface area contributed by atoms with Gasteiger partial charge in [0.1, 0.15) is 34.1 Å². The maximum Gasteiger partial charge on any atom is 0.301 e. The summed E-state index contributed by atoms with van der Waals surface area (Å²) in [6, 6.07) is 23.4. The highest BCUT2D eigenvalue weighted by atomic mass is 32.1. The van der Waals surface area contributed by atoms with Crippen molar-refractivity contribution in [2.75, 3.05) is 33.9 Å². The Bertz CT molecular complexity index is 2330. The molecule has 0 spiro atoms. The molecule has 3 aromatic carbocycles. The first-order valence-electron chi connectivity index (χ1n) is 18.5. The van der Waals surface area contributed by atoms with Crippen LogP contribution in [0.25, 0.3) is 15.2 Å². The Balaban J connectivity index is 1.19. The molecule has 0 saturated carbocycles. The van der Waals surface area contributed by atoms with Gasteiger partial charge in [-0.3, -0.25) is 14.2 Å². The van der Waals surface area contributed by atoms with Gasteiger partial charge in [0.2, 0.25) is 5.91 Å². The summed E-state index contributed by atoms with van der Waals surface area (Å²) in [5.41, 5.74) is 0.748. The van der Waals surface area contributed by atoms with Crippen LogP contribution in [0.3, 0.4) is 0 Å². The molecule has 1 saturated heterocycles. The molecule has 1 aliphatic rings. The van der Waals surface area contributed by atoms with Crippen LogP contribution in [-0.2, 0) is 9.53 Å². The number of nitrogens with zero attached hydrogens (tertiary/aromatic N) is 6. The predicted molar refractivity (Wildman–Crippen MR) is 215 cm³/mol. The van der Waals surface area contributed by atoms with Crippen LogP contribution in [-0.4, -0.2) is 82.4 Å². The number of rotatable bonds is 15. The lowest BCUT2D eigenvalue weighted by molar-refractivity contribution is -0.126. The fourth-order valence-corrected chi connectivity index (χ4v) is 12.5. The molecule has 0 unspecified atom stereocenters. The third kappa shape index (κ3) is 7.39. The highest BCUT2D eigenvalue weighted by Gasteiger charge is 2.49. The van der Waals surface area contributed by atoms with Gasteiger partial charge < -0.3 is 23.9 Å². The lowest BCUT2D eigenvalue weighted by atomic mass is 10.1.